The predicted molar refractivity (Wildman–Crippen MR) is 87.7 cm³/mol. The van der Waals surface area contributed by atoms with Gasteiger partial charge in [0.05, 0.1) is 17.6 Å². The Labute approximate surface area is 137 Å². The largest absolute Gasteiger partial charge is 0.348 e. The number of benzene rings is 1. The number of rotatable bonds is 4. The Kier molecular flexibility index (Phi) is 4.43. The van der Waals surface area contributed by atoms with Crippen LogP contribution < -0.4 is 10.2 Å². The summed E-state index contributed by atoms with van der Waals surface area (Å²) in [4.78, 5) is 26.9. The van der Waals surface area contributed by atoms with Crippen LogP contribution in [0.25, 0.3) is 0 Å². The fraction of sp³-hybridized carbons (Fsp3) is 0.294. The summed E-state index contributed by atoms with van der Waals surface area (Å²) in [6.45, 7) is 2.12. The number of hydrogen-bond donors (Lipinski definition) is 1. The summed E-state index contributed by atoms with van der Waals surface area (Å²) in [5.74, 6) is -1.30. The van der Waals surface area contributed by atoms with Gasteiger partial charge in [-0.3, -0.25) is 9.59 Å². The van der Waals surface area contributed by atoms with Gasteiger partial charge in [0.15, 0.2) is 0 Å². The molecular formula is C17H17FN2O2S. The van der Waals surface area contributed by atoms with Crippen LogP contribution in [0.4, 0.5) is 10.1 Å². The standard InChI is InChI=1S/C17H17FN2O2S/c1-11(15-7-4-8-23-15)19-17(22)12-9-16(21)20(10-12)14-6-3-2-5-13(14)18/h2-8,11-12H,9-10H2,1H3,(H,19,22)/t11-,12+/m1/s1. The lowest BCUT2D eigenvalue weighted by molar-refractivity contribution is -0.126. The van der Waals surface area contributed by atoms with E-state index in [0.717, 1.165) is 4.88 Å². The minimum Gasteiger partial charge on any atom is -0.348 e. The molecule has 1 aromatic heterocycles. The van der Waals surface area contributed by atoms with Crippen LogP contribution in [0.5, 0.6) is 0 Å². The molecule has 0 radical (unpaired) electrons. The zero-order chi connectivity index (χ0) is 16.4. The molecule has 2 aromatic rings. The molecule has 2 amide bonds. The molecule has 0 bridgehead atoms. The number of hydrogen-bond acceptors (Lipinski definition) is 3. The van der Waals surface area contributed by atoms with Gasteiger partial charge < -0.3 is 10.2 Å². The summed E-state index contributed by atoms with van der Waals surface area (Å²) in [6.07, 6.45) is 0.108. The van der Waals surface area contributed by atoms with Gasteiger partial charge in [-0.05, 0) is 30.5 Å². The molecule has 4 nitrogen and oxygen atoms in total. The minimum absolute atomic E-state index is 0.0971. The third-order valence-electron chi connectivity index (χ3n) is 3.97. The highest BCUT2D eigenvalue weighted by atomic mass is 32.1. The maximum absolute atomic E-state index is 13.8. The number of para-hydroxylation sites is 1. The highest BCUT2D eigenvalue weighted by Crippen LogP contribution is 2.28. The van der Waals surface area contributed by atoms with Crippen LogP contribution in [0.15, 0.2) is 41.8 Å². The van der Waals surface area contributed by atoms with E-state index in [2.05, 4.69) is 5.32 Å². The van der Waals surface area contributed by atoms with E-state index in [1.165, 1.54) is 11.0 Å². The number of halogens is 1. The van der Waals surface area contributed by atoms with Crippen LogP contribution >= 0.6 is 11.3 Å². The maximum Gasteiger partial charge on any atom is 0.227 e. The highest BCUT2D eigenvalue weighted by Gasteiger charge is 2.36. The first-order valence-corrected chi connectivity index (χ1v) is 8.33. The molecule has 2 heterocycles. The van der Waals surface area contributed by atoms with Gasteiger partial charge in [-0.15, -0.1) is 11.3 Å². The lowest BCUT2D eigenvalue weighted by Crippen LogP contribution is -2.34. The number of nitrogens with zero attached hydrogens (tertiary/aromatic N) is 1. The Balaban J connectivity index is 1.67. The smallest absolute Gasteiger partial charge is 0.227 e. The normalized spacial score (nSPS) is 19.0. The summed E-state index contributed by atoms with van der Waals surface area (Å²) in [7, 11) is 0. The molecule has 1 N–H and O–H groups in total. The van der Waals surface area contributed by atoms with E-state index >= 15 is 0 Å². The number of anilines is 1. The van der Waals surface area contributed by atoms with Gasteiger partial charge >= 0.3 is 0 Å². The quantitative estimate of drug-likeness (QED) is 0.935. The van der Waals surface area contributed by atoms with E-state index < -0.39 is 11.7 Å². The highest BCUT2D eigenvalue weighted by molar-refractivity contribution is 7.10. The van der Waals surface area contributed by atoms with Crippen molar-refractivity contribution in [2.45, 2.75) is 19.4 Å². The molecule has 120 valence electrons. The van der Waals surface area contributed by atoms with Gasteiger partial charge in [0.2, 0.25) is 11.8 Å². The predicted octanol–water partition coefficient (Wildman–Crippen LogP) is 3.12. The first-order valence-electron chi connectivity index (χ1n) is 7.45. The lowest BCUT2D eigenvalue weighted by atomic mass is 10.1. The Bertz CT molecular complexity index is 717. The van der Waals surface area contributed by atoms with Crippen LogP contribution in [0, 0.1) is 11.7 Å². The van der Waals surface area contributed by atoms with E-state index in [4.69, 9.17) is 0 Å². The van der Waals surface area contributed by atoms with Crippen molar-refractivity contribution in [1.82, 2.24) is 5.32 Å². The molecule has 1 aliphatic heterocycles. The number of carbonyl (C=O) groups is 2. The monoisotopic (exact) mass is 332 g/mol. The van der Waals surface area contributed by atoms with Crippen LogP contribution in [-0.4, -0.2) is 18.4 Å². The average molecular weight is 332 g/mol. The fourth-order valence-electron chi connectivity index (χ4n) is 2.73. The number of nitrogens with one attached hydrogen (secondary N) is 1. The molecule has 0 saturated carbocycles. The van der Waals surface area contributed by atoms with Crippen molar-refractivity contribution in [3.8, 4) is 0 Å². The Morgan fingerprint density at radius 3 is 2.83 bits per heavy atom. The summed E-state index contributed by atoms with van der Waals surface area (Å²) >= 11 is 1.57. The Morgan fingerprint density at radius 2 is 2.13 bits per heavy atom. The Morgan fingerprint density at radius 1 is 1.35 bits per heavy atom. The molecule has 1 saturated heterocycles. The zero-order valence-corrected chi connectivity index (χ0v) is 13.5. The molecule has 3 rings (SSSR count). The van der Waals surface area contributed by atoms with Gasteiger partial charge in [-0.2, -0.15) is 0 Å². The van der Waals surface area contributed by atoms with E-state index in [9.17, 15) is 14.0 Å². The molecular weight excluding hydrogens is 315 g/mol. The SMILES string of the molecule is C[C@@H](NC(=O)[C@H]1CC(=O)N(c2ccccc2F)C1)c1cccs1. The van der Waals surface area contributed by atoms with Gasteiger partial charge in [0.25, 0.3) is 0 Å². The molecule has 0 unspecified atom stereocenters. The Hall–Kier alpha value is -2.21. The lowest BCUT2D eigenvalue weighted by Gasteiger charge is -2.18. The molecule has 23 heavy (non-hydrogen) atoms. The van der Waals surface area contributed by atoms with Crippen molar-refractivity contribution in [3.63, 3.8) is 0 Å². The number of carbonyl (C=O) groups excluding carboxylic acids is 2. The van der Waals surface area contributed by atoms with Gasteiger partial charge in [0.1, 0.15) is 5.82 Å². The molecule has 0 spiro atoms. The van der Waals surface area contributed by atoms with Crippen molar-refractivity contribution < 1.29 is 14.0 Å². The van der Waals surface area contributed by atoms with Gasteiger partial charge in [-0.25, -0.2) is 4.39 Å². The van der Waals surface area contributed by atoms with Crippen molar-refractivity contribution in [2.75, 3.05) is 11.4 Å². The third-order valence-corrected chi connectivity index (χ3v) is 5.02. The fourth-order valence-corrected chi connectivity index (χ4v) is 3.46. The van der Waals surface area contributed by atoms with E-state index in [1.807, 2.05) is 24.4 Å². The maximum atomic E-state index is 13.8. The summed E-state index contributed by atoms with van der Waals surface area (Å²) < 4.78 is 13.8. The van der Waals surface area contributed by atoms with Crippen molar-refractivity contribution in [3.05, 3.63) is 52.5 Å². The first kappa shape index (κ1) is 15.7. The minimum atomic E-state index is -0.454. The van der Waals surface area contributed by atoms with Crippen molar-refractivity contribution in [1.29, 1.82) is 0 Å². The molecule has 2 atom stereocenters. The molecule has 1 fully saturated rings. The number of amides is 2. The summed E-state index contributed by atoms with van der Waals surface area (Å²) in [5, 5.41) is 4.89. The van der Waals surface area contributed by atoms with Crippen LogP contribution in [0.2, 0.25) is 0 Å². The second kappa shape index (κ2) is 6.50. The second-order valence-corrected chi connectivity index (χ2v) is 6.58. The molecule has 0 aliphatic carbocycles. The van der Waals surface area contributed by atoms with E-state index in [0.29, 0.717) is 0 Å². The zero-order valence-electron chi connectivity index (χ0n) is 12.7. The molecule has 6 heteroatoms. The summed E-state index contributed by atoms with van der Waals surface area (Å²) in [5.41, 5.74) is 0.235. The van der Waals surface area contributed by atoms with Gasteiger partial charge in [-0.1, -0.05) is 18.2 Å². The number of thiophene rings is 1. The van der Waals surface area contributed by atoms with E-state index in [1.54, 1.807) is 29.5 Å². The summed E-state index contributed by atoms with van der Waals surface area (Å²) in [6, 6.07) is 9.92. The van der Waals surface area contributed by atoms with Crippen LogP contribution in [0.3, 0.4) is 0 Å². The van der Waals surface area contributed by atoms with E-state index in [-0.39, 0.29) is 36.5 Å². The molecule has 1 aromatic carbocycles. The topological polar surface area (TPSA) is 49.4 Å². The van der Waals surface area contributed by atoms with Crippen molar-refractivity contribution in [2.24, 2.45) is 5.92 Å². The second-order valence-electron chi connectivity index (χ2n) is 5.60. The van der Waals surface area contributed by atoms with Crippen molar-refractivity contribution >= 4 is 28.8 Å². The molecule has 1 aliphatic rings. The van der Waals surface area contributed by atoms with Crippen LogP contribution in [0.1, 0.15) is 24.3 Å². The third kappa shape index (κ3) is 3.27. The van der Waals surface area contributed by atoms with Crippen LogP contribution in [-0.2, 0) is 9.59 Å². The first-order chi connectivity index (χ1) is 11.1. The average Bonchev–Trinajstić information content (AvgIpc) is 3.17. The van der Waals surface area contributed by atoms with Gasteiger partial charge in [0, 0.05) is 17.8 Å².